The molecule has 0 saturated heterocycles. The number of ether oxygens (including phenoxy) is 2. The lowest BCUT2D eigenvalue weighted by Gasteiger charge is -2.22. The van der Waals surface area contributed by atoms with Crippen molar-refractivity contribution in [1.82, 2.24) is 4.90 Å². The second-order valence-corrected chi connectivity index (χ2v) is 15.9. The SMILES string of the molecule is CCCCCCC(CCCC)C(=O)OCCCCCCCCCN(CCCC)CCCCCCCCCOC(=O)C(CCCC)CCCCCC. The molecule has 5 heteroatoms. The highest BCUT2D eigenvalue weighted by atomic mass is 16.5. The molecule has 0 N–H and O–H groups in total. The number of carbonyl (C=O) groups excluding carboxylic acids is 2. The van der Waals surface area contributed by atoms with Gasteiger partial charge in [0.05, 0.1) is 25.0 Å². The Hall–Kier alpha value is -1.10. The van der Waals surface area contributed by atoms with Crippen LogP contribution in [0.5, 0.6) is 0 Å². The van der Waals surface area contributed by atoms with Crippen LogP contribution in [0.25, 0.3) is 0 Å². The Morgan fingerprint density at radius 1 is 0.353 bits per heavy atom. The van der Waals surface area contributed by atoms with E-state index in [9.17, 15) is 9.59 Å². The molecule has 0 aromatic heterocycles. The molecular weight excluding hydrogens is 631 g/mol. The zero-order valence-corrected chi connectivity index (χ0v) is 35.4. The van der Waals surface area contributed by atoms with Crippen molar-refractivity contribution in [1.29, 1.82) is 0 Å². The molecule has 0 aromatic rings. The van der Waals surface area contributed by atoms with Crippen LogP contribution in [0, 0.1) is 11.8 Å². The van der Waals surface area contributed by atoms with Crippen molar-refractivity contribution in [3.63, 3.8) is 0 Å². The molecule has 0 heterocycles. The van der Waals surface area contributed by atoms with Gasteiger partial charge in [0, 0.05) is 0 Å². The molecule has 0 saturated carbocycles. The first-order valence-corrected chi connectivity index (χ1v) is 23.1. The van der Waals surface area contributed by atoms with Crippen molar-refractivity contribution < 1.29 is 19.1 Å². The fourth-order valence-electron chi connectivity index (χ4n) is 7.24. The highest BCUT2D eigenvalue weighted by Crippen LogP contribution is 2.21. The van der Waals surface area contributed by atoms with Gasteiger partial charge in [0.25, 0.3) is 0 Å². The number of hydrogen-bond donors (Lipinski definition) is 0. The lowest BCUT2D eigenvalue weighted by molar-refractivity contribution is -0.150. The van der Waals surface area contributed by atoms with Gasteiger partial charge in [-0.05, 0) is 77.4 Å². The molecule has 0 fully saturated rings. The summed E-state index contributed by atoms with van der Waals surface area (Å²) in [6.45, 7) is 16.2. The molecule has 0 radical (unpaired) electrons. The predicted molar refractivity (Wildman–Crippen MR) is 221 cm³/mol. The summed E-state index contributed by atoms with van der Waals surface area (Å²) in [5.74, 6) is 0.380. The summed E-state index contributed by atoms with van der Waals surface area (Å²) in [6, 6.07) is 0. The van der Waals surface area contributed by atoms with Crippen molar-refractivity contribution >= 4 is 11.9 Å². The maximum absolute atomic E-state index is 12.6. The van der Waals surface area contributed by atoms with E-state index >= 15 is 0 Å². The quantitative estimate of drug-likeness (QED) is 0.0465. The Morgan fingerprint density at radius 3 is 1.02 bits per heavy atom. The molecule has 0 bridgehead atoms. The highest BCUT2D eigenvalue weighted by molar-refractivity contribution is 5.72. The third kappa shape index (κ3) is 33.2. The molecule has 2 unspecified atom stereocenters. The van der Waals surface area contributed by atoms with Gasteiger partial charge in [-0.3, -0.25) is 9.59 Å². The van der Waals surface area contributed by atoms with Gasteiger partial charge in [0.2, 0.25) is 0 Å². The molecule has 5 nitrogen and oxygen atoms in total. The van der Waals surface area contributed by atoms with Crippen LogP contribution < -0.4 is 0 Å². The molecule has 0 rings (SSSR count). The number of carbonyl (C=O) groups is 2. The van der Waals surface area contributed by atoms with Gasteiger partial charge in [0.15, 0.2) is 0 Å². The fourth-order valence-corrected chi connectivity index (χ4v) is 7.24. The number of hydrogen-bond acceptors (Lipinski definition) is 5. The van der Waals surface area contributed by atoms with Gasteiger partial charge in [-0.15, -0.1) is 0 Å². The van der Waals surface area contributed by atoms with Gasteiger partial charge in [-0.25, -0.2) is 0 Å². The average Bonchev–Trinajstić information content (AvgIpc) is 3.14. The molecule has 304 valence electrons. The van der Waals surface area contributed by atoms with E-state index in [2.05, 4.69) is 39.5 Å². The monoisotopic (exact) mass is 722 g/mol. The van der Waals surface area contributed by atoms with Crippen LogP contribution in [0.3, 0.4) is 0 Å². The summed E-state index contributed by atoms with van der Waals surface area (Å²) in [4.78, 5) is 28.0. The van der Waals surface area contributed by atoms with Gasteiger partial charge < -0.3 is 14.4 Å². The van der Waals surface area contributed by atoms with E-state index in [0.717, 1.165) is 77.0 Å². The van der Waals surface area contributed by atoms with E-state index in [0.29, 0.717) is 13.2 Å². The normalized spacial score (nSPS) is 12.7. The minimum atomic E-state index is 0.0676. The maximum Gasteiger partial charge on any atom is 0.308 e. The molecule has 2 atom stereocenters. The van der Waals surface area contributed by atoms with Crippen LogP contribution >= 0.6 is 0 Å². The van der Waals surface area contributed by atoms with Crippen molar-refractivity contribution in [2.75, 3.05) is 32.8 Å². The summed E-state index contributed by atoms with van der Waals surface area (Å²) >= 11 is 0. The summed E-state index contributed by atoms with van der Waals surface area (Å²) in [5.41, 5.74) is 0. The van der Waals surface area contributed by atoms with Crippen molar-refractivity contribution in [3.05, 3.63) is 0 Å². The summed E-state index contributed by atoms with van der Waals surface area (Å²) in [6.07, 6.45) is 38.5. The van der Waals surface area contributed by atoms with Crippen molar-refractivity contribution in [2.45, 2.75) is 240 Å². The molecule has 0 amide bonds. The van der Waals surface area contributed by atoms with E-state index in [-0.39, 0.29) is 23.8 Å². The Morgan fingerprint density at radius 2 is 0.647 bits per heavy atom. The smallest absolute Gasteiger partial charge is 0.308 e. The largest absolute Gasteiger partial charge is 0.465 e. The van der Waals surface area contributed by atoms with E-state index < -0.39 is 0 Å². The molecule has 0 aliphatic carbocycles. The Bertz CT molecular complexity index is 672. The van der Waals surface area contributed by atoms with E-state index in [1.54, 1.807) is 0 Å². The first kappa shape index (κ1) is 49.9. The lowest BCUT2D eigenvalue weighted by atomic mass is 9.95. The van der Waals surface area contributed by atoms with Gasteiger partial charge in [-0.1, -0.05) is 182 Å². The van der Waals surface area contributed by atoms with Crippen LogP contribution in [0.2, 0.25) is 0 Å². The Balaban J connectivity index is 3.91. The number of esters is 2. The standard InChI is InChI=1S/C46H91NO4/c1-6-11-16-28-36-43(34-13-8-3)45(48)50-41-32-26-22-18-20-24-30-39-47(38-15-10-5)40-31-25-21-19-23-27-33-42-51-46(49)44(35-14-9-4)37-29-17-12-7-2/h43-44H,6-42H2,1-5H3. The van der Waals surface area contributed by atoms with Crippen LogP contribution in [0.15, 0.2) is 0 Å². The molecule has 0 aliphatic heterocycles. The Labute approximate surface area is 319 Å². The molecule has 0 aromatic carbocycles. The third-order valence-corrected chi connectivity index (χ3v) is 10.8. The number of rotatable bonds is 41. The Kier molecular flexibility index (Phi) is 39.2. The summed E-state index contributed by atoms with van der Waals surface area (Å²) < 4.78 is 11.4. The maximum atomic E-state index is 12.6. The van der Waals surface area contributed by atoms with Crippen LogP contribution in [0.1, 0.15) is 240 Å². The first-order valence-electron chi connectivity index (χ1n) is 23.1. The summed E-state index contributed by atoms with van der Waals surface area (Å²) in [7, 11) is 0. The topological polar surface area (TPSA) is 55.8 Å². The first-order chi connectivity index (χ1) is 25.0. The second kappa shape index (κ2) is 40.1. The van der Waals surface area contributed by atoms with E-state index in [1.807, 2.05) is 0 Å². The second-order valence-electron chi connectivity index (χ2n) is 15.9. The minimum absolute atomic E-state index is 0.0676. The molecule has 0 spiro atoms. The van der Waals surface area contributed by atoms with Crippen molar-refractivity contribution in [2.24, 2.45) is 11.8 Å². The zero-order valence-electron chi connectivity index (χ0n) is 35.4. The zero-order chi connectivity index (χ0) is 37.5. The van der Waals surface area contributed by atoms with E-state index in [4.69, 9.17) is 9.47 Å². The lowest BCUT2D eigenvalue weighted by Crippen LogP contribution is -2.27. The number of unbranched alkanes of at least 4 members (excludes halogenated alkanes) is 21. The van der Waals surface area contributed by atoms with Crippen molar-refractivity contribution in [3.8, 4) is 0 Å². The molecular formula is C46H91NO4. The van der Waals surface area contributed by atoms with Crippen LogP contribution in [-0.4, -0.2) is 49.7 Å². The van der Waals surface area contributed by atoms with Gasteiger partial charge >= 0.3 is 11.9 Å². The van der Waals surface area contributed by atoms with Crippen LogP contribution in [0.4, 0.5) is 0 Å². The number of nitrogens with zero attached hydrogens (tertiary/aromatic N) is 1. The predicted octanol–water partition coefficient (Wildman–Crippen LogP) is 14.2. The minimum Gasteiger partial charge on any atom is -0.465 e. The third-order valence-electron chi connectivity index (χ3n) is 10.8. The molecule has 51 heavy (non-hydrogen) atoms. The van der Waals surface area contributed by atoms with Gasteiger partial charge in [0.1, 0.15) is 0 Å². The van der Waals surface area contributed by atoms with Gasteiger partial charge in [-0.2, -0.15) is 0 Å². The fraction of sp³-hybridized carbons (Fsp3) is 0.957. The van der Waals surface area contributed by atoms with E-state index in [1.165, 1.54) is 148 Å². The average molecular weight is 722 g/mol. The van der Waals surface area contributed by atoms with Crippen LogP contribution in [-0.2, 0) is 19.1 Å². The summed E-state index contributed by atoms with van der Waals surface area (Å²) in [5, 5.41) is 0. The molecule has 0 aliphatic rings. The highest BCUT2D eigenvalue weighted by Gasteiger charge is 2.20.